The molecule has 0 fully saturated rings. The Balaban J connectivity index is 2.64. The number of rotatable bonds is 1. The fraction of sp³-hybridized carbons (Fsp3) is 0.333. The third kappa shape index (κ3) is 4.46. The summed E-state index contributed by atoms with van der Waals surface area (Å²) in [6.45, 7) is 5.01. The SMILES string of the molecule is CC(C)(C)OC(=O)NNC(=O)c1c(N)cccc1F. The van der Waals surface area contributed by atoms with Gasteiger partial charge in [0.05, 0.1) is 5.56 Å². The summed E-state index contributed by atoms with van der Waals surface area (Å²) in [4.78, 5) is 22.9. The Kier molecular flexibility index (Phi) is 4.31. The van der Waals surface area contributed by atoms with Gasteiger partial charge in [-0.1, -0.05) is 6.07 Å². The number of halogens is 1. The first-order chi connectivity index (χ1) is 8.70. The van der Waals surface area contributed by atoms with E-state index in [0.29, 0.717) is 0 Å². The van der Waals surface area contributed by atoms with Crippen LogP contribution < -0.4 is 16.6 Å². The molecule has 4 N–H and O–H groups in total. The summed E-state index contributed by atoms with van der Waals surface area (Å²) in [7, 11) is 0. The van der Waals surface area contributed by atoms with Gasteiger partial charge in [0.25, 0.3) is 5.91 Å². The quantitative estimate of drug-likeness (QED) is 0.533. The lowest BCUT2D eigenvalue weighted by Gasteiger charge is -2.19. The van der Waals surface area contributed by atoms with Crippen LogP contribution in [0.3, 0.4) is 0 Å². The first-order valence-corrected chi connectivity index (χ1v) is 5.54. The van der Waals surface area contributed by atoms with Crippen LogP contribution in [-0.2, 0) is 4.74 Å². The van der Waals surface area contributed by atoms with Crippen LogP contribution in [0.4, 0.5) is 14.9 Å². The average molecular weight is 269 g/mol. The Hall–Kier alpha value is -2.31. The number of nitrogen functional groups attached to an aromatic ring is 1. The highest BCUT2D eigenvalue weighted by atomic mass is 19.1. The molecule has 0 atom stereocenters. The molecule has 0 saturated carbocycles. The standard InChI is InChI=1S/C12H16FN3O3/c1-12(2,3)19-11(18)16-15-10(17)9-7(13)5-4-6-8(9)14/h4-6H,14H2,1-3H3,(H,15,17)(H,16,18). The fourth-order valence-corrected chi connectivity index (χ4v) is 1.25. The number of ether oxygens (including phenoxy) is 1. The van der Waals surface area contributed by atoms with E-state index in [1.807, 2.05) is 10.9 Å². The van der Waals surface area contributed by atoms with Gasteiger partial charge in [0.15, 0.2) is 0 Å². The molecule has 0 unspecified atom stereocenters. The van der Waals surface area contributed by atoms with Crippen LogP contribution in [0.25, 0.3) is 0 Å². The van der Waals surface area contributed by atoms with E-state index in [2.05, 4.69) is 0 Å². The zero-order valence-electron chi connectivity index (χ0n) is 10.9. The summed E-state index contributed by atoms with van der Waals surface area (Å²) in [6.07, 6.45) is -0.851. The third-order valence-corrected chi connectivity index (χ3v) is 1.95. The van der Waals surface area contributed by atoms with E-state index in [-0.39, 0.29) is 11.3 Å². The molecule has 0 aliphatic rings. The molecular weight excluding hydrogens is 253 g/mol. The molecule has 19 heavy (non-hydrogen) atoms. The lowest BCUT2D eigenvalue weighted by molar-refractivity contribution is 0.0483. The van der Waals surface area contributed by atoms with Crippen molar-refractivity contribution in [2.24, 2.45) is 0 Å². The number of nitrogens with one attached hydrogen (secondary N) is 2. The summed E-state index contributed by atoms with van der Waals surface area (Å²) < 4.78 is 18.3. The van der Waals surface area contributed by atoms with E-state index in [1.165, 1.54) is 12.1 Å². The van der Waals surface area contributed by atoms with Crippen molar-refractivity contribution in [2.45, 2.75) is 26.4 Å². The predicted octanol–water partition coefficient (Wildman–Crippen LogP) is 1.58. The highest BCUT2D eigenvalue weighted by Gasteiger charge is 2.19. The molecule has 6 nitrogen and oxygen atoms in total. The number of benzene rings is 1. The molecule has 0 spiro atoms. The van der Waals surface area contributed by atoms with Crippen LogP contribution in [0.5, 0.6) is 0 Å². The lowest BCUT2D eigenvalue weighted by Crippen LogP contribution is -2.44. The first-order valence-electron chi connectivity index (χ1n) is 5.54. The zero-order chi connectivity index (χ0) is 14.6. The average Bonchev–Trinajstić information content (AvgIpc) is 2.23. The number of carbonyl (C=O) groups is 2. The van der Waals surface area contributed by atoms with Gasteiger partial charge in [-0.25, -0.2) is 14.6 Å². The van der Waals surface area contributed by atoms with Crippen molar-refractivity contribution in [3.05, 3.63) is 29.6 Å². The molecule has 0 saturated heterocycles. The van der Waals surface area contributed by atoms with Crippen molar-refractivity contribution in [1.29, 1.82) is 0 Å². The van der Waals surface area contributed by atoms with Gasteiger partial charge in [0.2, 0.25) is 0 Å². The molecule has 1 aromatic rings. The van der Waals surface area contributed by atoms with Gasteiger partial charge in [0.1, 0.15) is 11.4 Å². The van der Waals surface area contributed by atoms with Gasteiger partial charge < -0.3 is 10.5 Å². The van der Waals surface area contributed by atoms with Crippen LogP contribution in [0, 0.1) is 5.82 Å². The Labute approximate surface area is 110 Å². The van der Waals surface area contributed by atoms with Gasteiger partial charge in [-0.05, 0) is 32.9 Å². The van der Waals surface area contributed by atoms with Gasteiger partial charge >= 0.3 is 6.09 Å². The Bertz CT molecular complexity index is 477. The molecule has 0 radical (unpaired) electrons. The van der Waals surface area contributed by atoms with Crippen LogP contribution in [-0.4, -0.2) is 17.6 Å². The molecule has 7 heteroatoms. The summed E-state index contributed by atoms with van der Waals surface area (Å²) in [5.41, 5.74) is 8.45. The van der Waals surface area contributed by atoms with Gasteiger partial charge in [-0.15, -0.1) is 0 Å². The molecule has 0 aliphatic carbocycles. The number of nitrogens with two attached hydrogens (primary N) is 1. The lowest BCUT2D eigenvalue weighted by atomic mass is 10.1. The molecule has 0 bridgehead atoms. The van der Waals surface area contributed by atoms with Crippen LogP contribution in [0.15, 0.2) is 18.2 Å². The first kappa shape index (κ1) is 14.7. The number of anilines is 1. The summed E-state index contributed by atoms with van der Waals surface area (Å²) in [6, 6.07) is 3.85. The Morgan fingerprint density at radius 1 is 1.26 bits per heavy atom. The van der Waals surface area contributed by atoms with Crippen molar-refractivity contribution in [2.75, 3.05) is 5.73 Å². The normalized spacial score (nSPS) is 10.7. The Morgan fingerprint density at radius 2 is 1.89 bits per heavy atom. The van der Waals surface area contributed by atoms with Crippen molar-refractivity contribution < 1.29 is 18.7 Å². The third-order valence-electron chi connectivity index (χ3n) is 1.95. The van der Waals surface area contributed by atoms with E-state index >= 15 is 0 Å². The molecule has 0 aromatic heterocycles. The van der Waals surface area contributed by atoms with Crippen molar-refractivity contribution >= 4 is 17.7 Å². The Morgan fingerprint density at radius 3 is 2.42 bits per heavy atom. The molecule has 0 aliphatic heterocycles. The number of hydrogen-bond acceptors (Lipinski definition) is 4. The van der Waals surface area contributed by atoms with Crippen LogP contribution in [0.1, 0.15) is 31.1 Å². The highest BCUT2D eigenvalue weighted by Crippen LogP contribution is 2.14. The molecule has 104 valence electrons. The number of hydrazine groups is 1. The highest BCUT2D eigenvalue weighted by molar-refractivity contribution is 5.99. The van der Waals surface area contributed by atoms with E-state index in [4.69, 9.17) is 10.5 Å². The summed E-state index contributed by atoms with van der Waals surface area (Å²) in [5, 5.41) is 0. The second kappa shape index (κ2) is 5.55. The predicted molar refractivity (Wildman–Crippen MR) is 67.6 cm³/mol. The molecule has 1 aromatic carbocycles. The molecular formula is C12H16FN3O3. The smallest absolute Gasteiger partial charge is 0.426 e. The number of carbonyl (C=O) groups excluding carboxylic acids is 2. The molecule has 1 rings (SSSR count). The second-order valence-electron chi connectivity index (χ2n) is 4.79. The zero-order valence-corrected chi connectivity index (χ0v) is 10.9. The molecule has 2 amide bonds. The minimum absolute atomic E-state index is 0.0245. The van der Waals surface area contributed by atoms with Crippen molar-refractivity contribution in [1.82, 2.24) is 10.9 Å². The molecule has 0 heterocycles. The van der Waals surface area contributed by atoms with Crippen LogP contribution in [0.2, 0.25) is 0 Å². The number of hydrogen-bond donors (Lipinski definition) is 3. The van der Waals surface area contributed by atoms with E-state index in [1.54, 1.807) is 20.8 Å². The topological polar surface area (TPSA) is 93.5 Å². The maximum Gasteiger partial charge on any atom is 0.426 e. The van der Waals surface area contributed by atoms with Crippen molar-refractivity contribution in [3.8, 4) is 0 Å². The maximum atomic E-state index is 13.4. The van der Waals surface area contributed by atoms with Gasteiger partial charge in [0, 0.05) is 5.69 Å². The fourth-order valence-electron chi connectivity index (χ4n) is 1.25. The van der Waals surface area contributed by atoms with Crippen LogP contribution >= 0.6 is 0 Å². The monoisotopic (exact) mass is 269 g/mol. The van der Waals surface area contributed by atoms with E-state index in [0.717, 1.165) is 6.07 Å². The van der Waals surface area contributed by atoms with Gasteiger partial charge in [-0.2, -0.15) is 0 Å². The van der Waals surface area contributed by atoms with Gasteiger partial charge in [-0.3, -0.25) is 10.2 Å². The maximum absolute atomic E-state index is 13.4. The minimum atomic E-state index is -0.860. The number of amides is 2. The minimum Gasteiger partial charge on any atom is -0.443 e. The summed E-state index contributed by atoms with van der Waals surface area (Å²) >= 11 is 0. The largest absolute Gasteiger partial charge is 0.443 e. The van der Waals surface area contributed by atoms with E-state index < -0.39 is 23.4 Å². The summed E-state index contributed by atoms with van der Waals surface area (Å²) in [5.74, 6) is -1.63. The van der Waals surface area contributed by atoms with Crippen molar-refractivity contribution in [3.63, 3.8) is 0 Å². The second-order valence-corrected chi connectivity index (χ2v) is 4.79. The van der Waals surface area contributed by atoms with E-state index in [9.17, 15) is 14.0 Å².